The third kappa shape index (κ3) is 5.14. The largest absolute Gasteiger partial charge is 0.348 e. The lowest BCUT2D eigenvalue weighted by atomic mass is 9.91. The van der Waals surface area contributed by atoms with Gasteiger partial charge in [-0.1, -0.05) is 78.4 Å². The van der Waals surface area contributed by atoms with Crippen molar-refractivity contribution in [1.29, 1.82) is 0 Å². The smallest absolute Gasteiger partial charge is 0.325 e. The molecule has 1 unspecified atom stereocenters. The second kappa shape index (κ2) is 9.93. The fraction of sp³-hybridized carbons (Fsp3) is 0.214. The Kier molecular flexibility index (Phi) is 6.78. The van der Waals surface area contributed by atoms with Crippen molar-refractivity contribution in [1.82, 2.24) is 15.5 Å². The summed E-state index contributed by atoms with van der Waals surface area (Å²) in [6.07, 6.45) is -0.0762. The average Bonchev–Trinajstić information content (AvgIpc) is 3.07. The molecule has 0 saturated carbocycles. The van der Waals surface area contributed by atoms with Crippen molar-refractivity contribution in [2.45, 2.75) is 32.4 Å². The number of carbonyl (C=O) groups excluding carboxylic acids is 4. The van der Waals surface area contributed by atoms with Crippen LogP contribution in [0, 0.1) is 6.92 Å². The van der Waals surface area contributed by atoms with Gasteiger partial charge in [-0.25, -0.2) is 4.79 Å². The first-order valence-electron chi connectivity index (χ1n) is 11.4. The Morgan fingerprint density at radius 1 is 0.914 bits per heavy atom. The van der Waals surface area contributed by atoms with Crippen molar-refractivity contribution in [3.8, 4) is 0 Å². The molecule has 1 fully saturated rings. The summed E-state index contributed by atoms with van der Waals surface area (Å²) in [4.78, 5) is 52.4. The first kappa shape index (κ1) is 23.9. The zero-order chi connectivity index (χ0) is 25.0. The van der Waals surface area contributed by atoms with Crippen molar-refractivity contribution in [3.63, 3.8) is 0 Å². The Bertz CT molecular complexity index is 1270. The molecule has 0 aromatic heterocycles. The molecule has 1 saturated heterocycles. The van der Waals surface area contributed by atoms with Gasteiger partial charge in [-0.3, -0.25) is 19.3 Å². The van der Waals surface area contributed by atoms with Crippen LogP contribution in [-0.4, -0.2) is 35.1 Å². The van der Waals surface area contributed by atoms with E-state index in [0.29, 0.717) is 23.2 Å². The third-order valence-corrected chi connectivity index (χ3v) is 6.18. The van der Waals surface area contributed by atoms with Gasteiger partial charge in [0.2, 0.25) is 0 Å². The highest BCUT2D eigenvalue weighted by molar-refractivity contribution is 6.09. The zero-order valence-corrected chi connectivity index (χ0v) is 19.7. The quantitative estimate of drug-likeness (QED) is 0.494. The molecule has 4 amide bonds. The molecule has 0 radical (unpaired) electrons. The average molecular weight is 470 g/mol. The van der Waals surface area contributed by atoms with E-state index in [4.69, 9.17) is 0 Å². The van der Waals surface area contributed by atoms with E-state index in [-0.39, 0.29) is 24.7 Å². The van der Waals surface area contributed by atoms with Crippen molar-refractivity contribution in [3.05, 3.63) is 107 Å². The molecule has 3 aromatic carbocycles. The molecule has 0 aliphatic carbocycles. The number of Topliss-reactive ketones (excluding diaryl/α,β-unsaturated/α-hetero) is 1. The Labute approximate surface area is 204 Å². The van der Waals surface area contributed by atoms with Crippen LogP contribution in [0.3, 0.4) is 0 Å². The number of hydrogen-bond donors (Lipinski definition) is 2. The highest BCUT2D eigenvalue weighted by Gasteiger charge is 2.49. The minimum Gasteiger partial charge on any atom is -0.348 e. The summed E-state index contributed by atoms with van der Waals surface area (Å²) in [6.45, 7) is 3.56. The molecule has 35 heavy (non-hydrogen) atoms. The van der Waals surface area contributed by atoms with Crippen molar-refractivity contribution in [2.24, 2.45) is 0 Å². The maximum atomic E-state index is 13.1. The van der Waals surface area contributed by atoms with Crippen LogP contribution >= 0.6 is 0 Å². The Morgan fingerprint density at radius 2 is 1.57 bits per heavy atom. The first-order chi connectivity index (χ1) is 16.8. The normalized spacial score (nSPS) is 17.3. The van der Waals surface area contributed by atoms with Crippen molar-refractivity contribution < 1.29 is 19.2 Å². The molecular formula is C28H27N3O4. The molecule has 1 aliphatic heterocycles. The molecule has 1 aliphatic rings. The van der Waals surface area contributed by atoms with Gasteiger partial charge in [-0.05, 0) is 36.6 Å². The first-order valence-corrected chi connectivity index (χ1v) is 11.4. The van der Waals surface area contributed by atoms with Gasteiger partial charge in [0, 0.05) is 18.5 Å². The van der Waals surface area contributed by atoms with Crippen LogP contribution < -0.4 is 10.6 Å². The van der Waals surface area contributed by atoms with E-state index in [0.717, 1.165) is 16.0 Å². The fourth-order valence-corrected chi connectivity index (χ4v) is 4.14. The summed E-state index contributed by atoms with van der Waals surface area (Å²) < 4.78 is 0. The van der Waals surface area contributed by atoms with Crippen molar-refractivity contribution in [2.75, 3.05) is 6.54 Å². The van der Waals surface area contributed by atoms with Gasteiger partial charge in [0.1, 0.15) is 5.54 Å². The van der Waals surface area contributed by atoms with E-state index in [1.54, 1.807) is 43.3 Å². The van der Waals surface area contributed by atoms with Gasteiger partial charge in [0.25, 0.3) is 11.8 Å². The van der Waals surface area contributed by atoms with Crippen LogP contribution in [0.5, 0.6) is 0 Å². The number of urea groups is 1. The topological polar surface area (TPSA) is 95.6 Å². The van der Waals surface area contributed by atoms with Crippen LogP contribution in [0.2, 0.25) is 0 Å². The number of imide groups is 1. The monoisotopic (exact) mass is 469 g/mol. The third-order valence-electron chi connectivity index (χ3n) is 6.18. The summed E-state index contributed by atoms with van der Waals surface area (Å²) in [7, 11) is 0. The number of ketones is 1. The molecule has 1 atom stereocenters. The number of hydrogen-bond acceptors (Lipinski definition) is 4. The van der Waals surface area contributed by atoms with E-state index in [1.165, 1.54) is 0 Å². The summed E-state index contributed by atoms with van der Waals surface area (Å²) in [5.74, 6) is -1.11. The second-order valence-corrected chi connectivity index (χ2v) is 8.85. The molecule has 4 rings (SSSR count). The Hall–Kier alpha value is -4.26. The molecular weight excluding hydrogens is 442 g/mol. The number of amides is 4. The molecule has 0 bridgehead atoms. The maximum absolute atomic E-state index is 13.1. The van der Waals surface area contributed by atoms with Crippen molar-refractivity contribution >= 4 is 23.6 Å². The Morgan fingerprint density at radius 3 is 2.29 bits per heavy atom. The minimum absolute atomic E-state index is 0.0762. The van der Waals surface area contributed by atoms with Gasteiger partial charge < -0.3 is 10.6 Å². The van der Waals surface area contributed by atoms with Gasteiger partial charge in [0.05, 0.1) is 6.54 Å². The van der Waals surface area contributed by atoms with Gasteiger partial charge in [-0.2, -0.15) is 0 Å². The Balaban J connectivity index is 1.43. The van der Waals surface area contributed by atoms with Crippen LogP contribution in [0.15, 0.2) is 78.9 Å². The van der Waals surface area contributed by atoms with Gasteiger partial charge in [0.15, 0.2) is 5.78 Å². The van der Waals surface area contributed by atoms with Gasteiger partial charge in [-0.15, -0.1) is 0 Å². The van der Waals surface area contributed by atoms with Gasteiger partial charge >= 0.3 is 6.03 Å². The molecule has 1 heterocycles. The fourth-order valence-electron chi connectivity index (χ4n) is 4.14. The lowest BCUT2D eigenvalue weighted by Crippen LogP contribution is -2.41. The maximum Gasteiger partial charge on any atom is 0.325 e. The zero-order valence-electron chi connectivity index (χ0n) is 19.7. The van der Waals surface area contributed by atoms with Crippen LogP contribution in [-0.2, 0) is 28.1 Å². The molecule has 3 aromatic rings. The second-order valence-electron chi connectivity index (χ2n) is 8.85. The lowest BCUT2D eigenvalue weighted by Gasteiger charge is -2.22. The number of aryl methyl sites for hydroxylation is 1. The number of benzene rings is 3. The number of nitrogens with zero attached hydrogens (tertiary/aromatic N) is 1. The van der Waals surface area contributed by atoms with Crippen LogP contribution in [0.4, 0.5) is 4.79 Å². The van der Waals surface area contributed by atoms with E-state index < -0.39 is 17.5 Å². The molecule has 0 spiro atoms. The van der Waals surface area contributed by atoms with E-state index in [2.05, 4.69) is 10.6 Å². The SMILES string of the molecule is Cc1ccc(C2(C)NC(=O)N(CC(=O)Cc3ccccc3C(=O)NCc3ccccc3)C2=O)cc1. The molecule has 7 heteroatoms. The summed E-state index contributed by atoms with van der Waals surface area (Å²) in [5.41, 5.74) is 2.34. The number of nitrogens with one attached hydrogen (secondary N) is 2. The summed E-state index contributed by atoms with van der Waals surface area (Å²) in [6, 6.07) is 23.1. The van der Waals surface area contributed by atoms with E-state index in [1.807, 2.05) is 49.4 Å². The molecule has 7 nitrogen and oxygen atoms in total. The standard InChI is InChI=1S/C28H27N3O4/c1-19-12-14-22(15-13-19)28(2)26(34)31(27(35)30-28)18-23(32)16-21-10-6-7-11-24(21)25(33)29-17-20-8-4-3-5-9-20/h3-15H,16-18H2,1-2H3,(H,29,33)(H,30,35). The number of carbonyl (C=O) groups is 4. The van der Waals surface area contributed by atoms with E-state index in [9.17, 15) is 19.2 Å². The predicted octanol–water partition coefficient (Wildman–Crippen LogP) is 3.50. The lowest BCUT2D eigenvalue weighted by molar-refractivity contribution is -0.134. The van der Waals surface area contributed by atoms with Crippen LogP contribution in [0.25, 0.3) is 0 Å². The summed E-state index contributed by atoms with van der Waals surface area (Å²) in [5, 5.41) is 5.59. The van der Waals surface area contributed by atoms with E-state index >= 15 is 0 Å². The highest BCUT2D eigenvalue weighted by Crippen LogP contribution is 2.29. The highest BCUT2D eigenvalue weighted by atomic mass is 16.2. The summed E-state index contributed by atoms with van der Waals surface area (Å²) >= 11 is 0. The predicted molar refractivity (Wildman–Crippen MR) is 132 cm³/mol. The minimum atomic E-state index is -1.24. The van der Waals surface area contributed by atoms with Crippen LogP contribution in [0.1, 0.15) is 39.5 Å². The molecule has 2 N–H and O–H groups in total. The molecule has 178 valence electrons. The number of rotatable bonds is 8.